The molecular weight excluding hydrogens is 442 g/mol. The van der Waals surface area contributed by atoms with Crippen LogP contribution in [0.25, 0.3) is 0 Å². The molecule has 4 rings (SSSR count). The van der Waals surface area contributed by atoms with Crippen LogP contribution in [0.5, 0.6) is 0 Å². The summed E-state index contributed by atoms with van der Waals surface area (Å²) in [7, 11) is 0. The van der Waals surface area contributed by atoms with Gasteiger partial charge in [-0.1, -0.05) is 56.0 Å². The molecule has 1 aromatic carbocycles. The zero-order valence-corrected chi connectivity index (χ0v) is 20.8. The van der Waals surface area contributed by atoms with Crippen LogP contribution >= 0.6 is 0 Å². The monoisotopic (exact) mass is 481 g/mol. The Hall–Kier alpha value is -2.64. The lowest BCUT2D eigenvalue weighted by Gasteiger charge is -2.31. The minimum atomic E-state index is -0.0542. The van der Waals surface area contributed by atoms with Gasteiger partial charge in [0.15, 0.2) is 0 Å². The van der Waals surface area contributed by atoms with E-state index in [-0.39, 0.29) is 18.4 Å². The maximum atomic E-state index is 13.6. The van der Waals surface area contributed by atoms with Crippen LogP contribution in [-0.4, -0.2) is 72.5 Å². The van der Waals surface area contributed by atoms with Gasteiger partial charge in [-0.3, -0.25) is 14.5 Å². The molecule has 7 heteroatoms. The van der Waals surface area contributed by atoms with Crippen molar-refractivity contribution in [3.8, 4) is 0 Å². The highest BCUT2D eigenvalue weighted by molar-refractivity contribution is 5.84. The van der Waals surface area contributed by atoms with Crippen LogP contribution in [0.2, 0.25) is 0 Å². The van der Waals surface area contributed by atoms with Crippen molar-refractivity contribution >= 4 is 11.8 Å². The van der Waals surface area contributed by atoms with Gasteiger partial charge in [0.2, 0.25) is 11.8 Å². The molecule has 0 N–H and O–H groups in total. The van der Waals surface area contributed by atoms with Gasteiger partial charge in [0, 0.05) is 39.1 Å². The highest BCUT2D eigenvalue weighted by Gasteiger charge is 2.25. The van der Waals surface area contributed by atoms with Crippen molar-refractivity contribution in [3.05, 3.63) is 60.1 Å². The van der Waals surface area contributed by atoms with Gasteiger partial charge in [-0.25, -0.2) is 0 Å². The van der Waals surface area contributed by atoms with Crippen molar-refractivity contribution in [3.63, 3.8) is 0 Å². The Bertz CT molecular complexity index is 890. The Kier molecular flexibility index (Phi) is 9.78. The number of rotatable bonds is 12. The number of hydrogen-bond acceptors (Lipinski definition) is 5. The molecule has 2 aromatic rings. The first-order valence-corrected chi connectivity index (χ1v) is 13.1. The topological polar surface area (TPSA) is 66.2 Å². The fourth-order valence-electron chi connectivity index (χ4n) is 5.05. The number of benzene rings is 1. The number of nitrogens with zero attached hydrogens (tertiary/aromatic N) is 3. The zero-order chi connectivity index (χ0) is 24.3. The summed E-state index contributed by atoms with van der Waals surface area (Å²) in [5.74, 6) is 1.43. The molecule has 1 aromatic heterocycles. The molecule has 1 saturated carbocycles. The van der Waals surface area contributed by atoms with E-state index in [0.29, 0.717) is 32.0 Å². The maximum absolute atomic E-state index is 13.6. The van der Waals surface area contributed by atoms with Gasteiger partial charge in [-0.15, -0.1) is 0 Å². The molecule has 2 heterocycles. The standard InChI is InChI=1S/C28H39N3O4/c32-27(13-12-24-7-4-5-8-24)30(15-14-29-16-19-34-20-17-29)23-28(33)31(22-26-11-6-18-35-26)21-25-9-2-1-3-10-25/h1-3,6,9-11,18,24H,4-5,7-8,12-17,19-23H2. The molecule has 0 bridgehead atoms. The van der Waals surface area contributed by atoms with Gasteiger partial charge in [-0.05, 0) is 30.0 Å². The Morgan fingerprint density at radius 2 is 1.69 bits per heavy atom. The van der Waals surface area contributed by atoms with Gasteiger partial charge in [0.1, 0.15) is 5.76 Å². The first-order chi connectivity index (χ1) is 17.2. The second-order valence-corrected chi connectivity index (χ2v) is 9.77. The number of carbonyl (C=O) groups excluding carboxylic acids is 2. The SMILES string of the molecule is O=C(CCC1CCCC1)N(CCN1CCOCC1)CC(=O)N(Cc1ccccc1)Cc1ccco1. The Morgan fingerprint density at radius 3 is 2.40 bits per heavy atom. The summed E-state index contributed by atoms with van der Waals surface area (Å²) in [5.41, 5.74) is 1.06. The molecular formula is C28H39N3O4. The molecule has 7 nitrogen and oxygen atoms in total. The molecule has 2 amide bonds. The predicted molar refractivity (Wildman–Crippen MR) is 134 cm³/mol. The summed E-state index contributed by atoms with van der Waals surface area (Å²) in [4.78, 5) is 32.7. The molecule has 1 aliphatic heterocycles. The molecule has 2 fully saturated rings. The summed E-state index contributed by atoms with van der Waals surface area (Å²) >= 11 is 0. The minimum absolute atomic E-state index is 0.0542. The third-order valence-electron chi connectivity index (χ3n) is 7.21. The van der Waals surface area contributed by atoms with E-state index in [1.54, 1.807) is 16.1 Å². The van der Waals surface area contributed by atoms with Crippen molar-refractivity contribution in [1.82, 2.24) is 14.7 Å². The highest BCUT2D eigenvalue weighted by atomic mass is 16.5. The van der Waals surface area contributed by atoms with Crippen molar-refractivity contribution in [2.75, 3.05) is 45.9 Å². The summed E-state index contributed by atoms with van der Waals surface area (Å²) in [5, 5.41) is 0. The average Bonchev–Trinajstić information content (AvgIpc) is 3.60. The number of morpholine rings is 1. The largest absolute Gasteiger partial charge is 0.467 e. The quantitative estimate of drug-likeness (QED) is 0.459. The van der Waals surface area contributed by atoms with Crippen molar-refractivity contribution in [1.29, 1.82) is 0 Å². The van der Waals surface area contributed by atoms with Crippen LogP contribution in [-0.2, 0) is 27.4 Å². The Labute approximate surface area is 209 Å². The number of carbonyl (C=O) groups is 2. The van der Waals surface area contributed by atoms with Crippen molar-refractivity contribution < 1.29 is 18.7 Å². The van der Waals surface area contributed by atoms with Gasteiger partial charge in [0.05, 0.1) is 32.6 Å². The molecule has 2 aliphatic rings. The van der Waals surface area contributed by atoms with E-state index in [9.17, 15) is 9.59 Å². The first kappa shape index (κ1) is 25.5. The summed E-state index contributed by atoms with van der Waals surface area (Å²) < 4.78 is 11.0. The smallest absolute Gasteiger partial charge is 0.242 e. The van der Waals surface area contributed by atoms with E-state index in [1.807, 2.05) is 42.5 Å². The van der Waals surface area contributed by atoms with Crippen LogP contribution in [0, 0.1) is 5.92 Å². The van der Waals surface area contributed by atoms with E-state index in [0.717, 1.165) is 50.6 Å². The Morgan fingerprint density at radius 1 is 0.914 bits per heavy atom. The van der Waals surface area contributed by atoms with Crippen LogP contribution < -0.4 is 0 Å². The normalized spacial score (nSPS) is 16.9. The van der Waals surface area contributed by atoms with Crippen LogP contribution in [0.15, 0.2) is 53.1 Å². The fraction of sp³-hybridized carbons (Fsp3) is 0.571. The van der Waals surface area contributed by atoms with Gasteiger partial charge in [-0.2, -0.15) is 0 Å². The molecule has 190 valence electrons. The first-order valence-electron chi connectivity index (χ1n) is 13.1. The maximum Gasteiger partial charge on any atom is 0.242 e. The van der Waals surface area contributed by atoms with E-state index in [1.165, 1.54) is 25.7 Å². The minimum Gasteiger partial charge on any atom is -0.467 e. The fourth-order valence-corrected chi connectivity index (χ4v) is 5.05. The molecule has 35 heavy (non-hydrogen) atoms. The lowest BCUT2D eigenvalue weighted by Crippen LogP contribution is -2.47. The summed E-state index contributed by atoms with van der Waals surface area (Å²) in [6.45, 7) is 5.49. The molecule has 0 atom stereocenters. The lowest BCUT2D eigenvalue weighted by atomic mass is 10.0. The average molecular weight is 482 g/mol. The van der Waals surface area contributed by atoms with Crippen molar-refractivity contribution in [2.24, 2.45) is 5.92 Å². The molecule has 1 saturated heterocycles. The number of furan rings is 1. The molecule has 0 spiro atoms. The van der Waals surface area contributed by atoms with E-state index < -0.39 is 0 Å². The van der Waals surface area contributed by atoms with E-state index in [4.69, 9.17) is 9.15 Å². The lowest BCUT2D eigenvalue weighted by molar-refractivity contribution is -0.141. The van der Waals surface area contributed by atoms with E-state index in [2.05, 4.69) is 4.90 Å². The zero-order valence-electron chi connectivity index (χ0n) is 20.8. The summed E-state index contributed by atoms with van der Waals surface area (Å²) in [6.07, 6.45) is 8.10. The number of hydrogen-bond donors (Lipinski definition) is 0. The molecule has 0 radical (unpaired) electrons. The van der Waals surface area contributed by atoms with Gasteiger partial charge < -0.3 is 19.0 Å². The second-order valence-electron chi connectivity index (χ2n) is 9.77. The second kappa shape index (κ2) is 13.4. The van der Waals surface area contributed by atoms with Crippen LogP contribution in [0.1, 0.15) is 49.8 Å². The van der Waals surface area contributed by atoms with Crippen LogP contribution in [0.4, 0.5) is 0 Å². The Balaban J connectivity index is 1.41. The third kappa shape index (κ3) is 8.22. The number of ether oxygens (including phenoxy) is 1. The third-order valence-corrected chi connectivity index (χ3v) is 7.21. The summed E-state index contributed by atoms with van der Waals surface area (Å²) in [6, 6.07) is 13.7. The van der Waals surface area contributed by atoms with Gasteiger partial charge >= 0.3 is 0 Å². The molecule has 0 unspecified atom stereocenters. The van der Waals surface area contributed by atoms with Gasteiger partial charge in [0.25, 0.3) is 0 Å². The highest BCUT2D eigenvalue weighted by Crippen LogP contribution is 2.28. The van der Waals surface area contributed by atoms with Crippen molar-refractivity contribution in [2.45, 2.75) is 51.6 Å². The predicted octanol–water partition coefficient (Wildman–Crippen LogP) is 3.94. The molecule has 1 aliphatic carbocycles. The van der Waals surface area contributed by atoms with E-state index >= 15 is 0 Å². The van der Waals surface area contributed by atoms with Crippen LogP contribution in [0.3, 0.4) is 0 Å². The number of amides is 2.